The molecule has 0 bridgehead atoms. The average molecular weight is 1630 g/mol. The zero-order valence-corrected chi connectivity index (χ0v) is 65.4. The lowest BCUT2D eigenvalue weighted by Crippen LogP contribution is -2.56. The van der Waals surface area contributed by atoms with Gasteiger partial charge < -0.3 is 94.5 Å². The molecule has 36 heteroatoms. The van der Waals surface area contributed by atoms with E-state index in [9.17, 15) is 97.1 Å². The summed E-state index contributed by atoms with van der Waals surface area (Å²) in [6.45, 7) is 4.13. The van der Waals surface area contributed by atoms with Crippen LogP contribution in [0.25, 0.3) is 22.3 Å². The Morgan fingerprint density at radius 3 is 1.03 bits per heavy atom. The van der Waals surface area contributed by atoms with Crippen molar-refractivity contribution in [1.29, 1.82) is 0 Å². The number of hydrogen-bond acceptors (Lipinski definition) is 22. The number of ketones is 2. The summed E-state index contributed by atoms with van der Waals surface area (Å²) >= 11 is 0. The Morgan fingerprint density at radius 1 is 0.407 bits per heavy atom. The van der Waals surface area contributed by atoms with Crippen molar-refractivity contribution < 1.29 is 107 Å². The highest BCUT2D eigenvalue weighted by atomic mass is 16.6. The molecule has 0 heterocycles. The fourth-order valence-electron chi connectivity index (χ4n) is 14.0. The molecule has 624 valence electrons. The number of phenolic OH excluding ortho intramolecular Hbond substituents is 2. The van der Waals surface area contributed by atoms with E-state index in [2.05, 4.69) is 53.2 Å². The van der Waals surface area contributed by atoms with Gasteiger partial charge in [-0.1, -0.05) is 125 Å². The largest absolute Gasteiger partial charge is 0.507 e. The normalized spacial score (nSPS) is 13.7. The molecule has 12 amide bonds. The third kappa shape index (κ3) is 22.3. The third-order valence-corrected chi connectivity index (χ3v) is 19.7. The molecular weight excluding hydrogens is 1530 g/mol. The number of carbonyl (C=O) groups is 16. The first-order valence-electron chi connectivity index (χ1n) is 38.0. The van der Waals surface area contributed by atoms with E-state index < -0.39 is 218 Å². The SMILES string of the molecule is CC(C)C[C@H](NC(=O)[C@H](C)NC(=O)[C@H](CC(=O)O)NC(=O)CNC(=O)CN(CCNc1ccc(NCCN(CC(=O)NCC(=O)N[C@@H](CC(=O)O)C(=O)N[C@@H](C)C(=O)N[C@@H](CC(C)C)C(N)=O)C(=O)OCC2c3ccccc3-c3ccccc32)c2c1C(=O)c1c(O)ccc(O)c1C2=O)C(=O)OCC1c2ccccc2-c2ccccc21)C(N)=O. The molecule has 36 nitrogen and oxygen atoms in total. The van der Waals surface area contributed by atoms with E-state index in [4.69, 9.17) is 20.9 Å². The van der Waals surface area contributed by atoms with Gasteiger partial charge in [-0.25, -0.2) is 9.59 Å². The zero-order valence-electron chi connectivity index (χ0n) is 65.4. The van der Waals surface area contributed by atoms with Crippen LogP contribution in [0.1, 0.15) is 133 Å². The highest BCUT2D eigenvalue weighted by molar-refractivity contribution is 6.33. The van der Waals surface area contributed by atoms with E-state index in [1.807, 2.05) is 97.1 Å². The Balaban J connectivity index is 0.926. The number of ether oxygens (including phenoxy) is 2. The predicted molar refractivity (Wildman–Crippen MR) is 424 cm³/mol. The molecule has 0 spiro atoms. The van der Waals surface area contributed by atoms with E-state index in [1.54, 1.807) is 27.7 Å². The second-order valence-corrected chi connectivity index (χ2v) is 29.4. The molecule has 0 radical (unpaired) electrons. The highest BCUT2D eigenvalue weighted by Gasteiger charge is 2.40. The van der Waals surface area contributed by atoms with Crippen LogP contribution in [0.15, 0.2) is 121 Å². The van der Waals surface area contributed by atoms with Crippen LogP contribution in [0.2, 0.25) is 0 Å². The molecule has 0 fully saturated rings. The molecular formula is C82H94N14O22. The van der Waals surface area contributed by atoms with Crippen LogP contribution in [0, 0.1) is 11.8 Å². The number of nitrogens with one attached hydrogen (secondary N) is 10. The van der Waals surface area contributed by atoms with Gasteiger partial charge in [0.1, 0.15) is 74.1 Å². The Labute approximate surface area is 676 Å². The number of aromatic hydroxyl groups is 2. The van der Waals surface area contributed by atoms with Gasteiger partial charge >= 0.3 is 24.1 Å². The number of rotatable bonds is 40. The molecule has 3 aliphatic rings. The number of nitrogens with two attached hydrogens (primary N) is 2. The lowest BCUT2D eigenvalue weighted by atomic mass is 9.81. The zero-order chi connectivity index (χ0) is 85.9. The van der Waals surface area contributed by atoms with Gasteiger partial charge in [-0.05, 0) is 107 Å². The molecule has 0 saturated heterocycles. The lowest BCUT2D eigenvalue weighted by molar-refractivity contribution is -0.141. The predicted octanol–water partition coefficient (Wildman–Crippen LogP) is 2.39. The Kier molecular flexibility index (Phi) is 29.7. The maximum Gasteiger partial charge on any atom is 0.410 e. The van der Waals surface area contributed by atoms with Crippen LogP contribution in [-0.2, 0) is 67.0 Å². The van der Waals surface area contributed by atoms with Gasteiger partial charge in [0.2, 0.25) is 70.6 Å². The van der Waals surface area contributed by atoms with Crippen molar-refractivity contribution in [1.82, 2.24) is 52.3 Å². The molecule has 3 aliphatic carbocycles. The molecule has 18 N–H and O–H groups in total. The van der Waals surface area contributed by atoms with Crippen molar-refractivity contribution in [3.8, 4) is 33.8 Å². The number of aliphatic carboxylic acids is 2. The maximum atomic E-state index is 14.9. The Hall–Kier alpha value is -14.0. The number of carbonyl (C=O) groups excluding carboxylic acids is 14. The van der Waals surface area contributed by atoms with Crippen LogP contribution in [-0.4, -0.2) is 227 Å². The van der Waals surface area contributed by atoms with Gasteiger partial charge in [-0.2, -0.15) is 0 Å². The minimum Gasteiger partial charge on any atom is -0.507 e. The monoisotopic (exact) mass is 1630 g/mol. The van der Waals surface area contributed by atoms with E-state index in [-0.39, 0.29) is 73.5 Å². The minimum atomic E-state index is -1.80. The highest BCUT2D eigenvalue weighted by Crippen LogP contribution is 2.47. The van der Waals surface area contributed by atoms with E-state index in [1.165, 1.54) is 26.0 Å². The fraction of sp³-hybridized carbons (Fsp3) is 0.366. The number of benzene rings is 6. The molecule has 0 saturated carbocycles. The molecule has 0 aliphatic heterocycles. The number of fused-ring (bicyclic) bond motifs is 8. The minimum absolute atomic E-state index is 0.0685. The first kappa shape index (κ1) is 88.0. The number of phenols is 2. The second-order valence-electron chi connectivity index (χ2n) is 29.4. The van der Waals surface area contributed by atoms with E-state index in [0.717, 1.165) is 66.4 Å². The van der Waals surface area contributed by atoms with Gasteiger partial charge in [0.25, 0.3) is 0 Å². The van der Waals surface area contributed by atoms with Crippen molar-refractivity contribution in [2.45, 2.75) is 115 Å². The number of carboxylic acids is 2. The molecule has 0 aromatic heterocycles. The summed E-state index contributed by atoms with van der Waals surface area (Å²) in [6.07, 6.45) is -3.73. The number of amides is 12. The quantitative estimate of drug-likeness (QED) is 0.0245. The smallest absolute Gasteiger partial charge is 0.410 e. The molecule has 6 aromatic carbocycles. The van der Waals surface area contributed by atoms with Crippen LogP contribution in [0.5, 0.6) is 11.5 Å². The average Bonchev–Trinajstić information content (AvgIpc) is 1.13. The van der Waals surface area contributed by atoms with E-state index in [0.29, 0.717) is 0 Å². The summed E-state index contributed by atoms with van der Waals surface area (Å²) in [7, 11) is 0. The van der Waals surface area contributed by atoms with Crippen molar-refractivity contribution in [2.24, 2.45) is 23.3 Å². The lowest BCUT2D eigenvalue weighted by Gasteiger charge is -2.27. The van der Waals surface area contributed by atoms with Crippen LogP contribution < -0.4 is 64.6 Å². The molecule has 6 atom stereocenters. The van der Waals surface area contributed by atoms with Crippen molar-refractivity contribution in [3.63, 3.8) is 0 Å². The standard InChI is InChI=1S/C82H94N14O22/c1-41(2)31-57(75(83)109)93-77(111)43(5)89-79(113)59(33-67(103)104)91-63(99)35-87-65(101)37-95(81(115)117-39-53-49-19-11-7-15-45(49)46-16-8-12-20-50(46)53)29-27-85-55-23-24-56(70-69(55)73(107)71-61(97)25-26-62(98)72(71)74(70)108)86-28-30-96(82(116)118-40-54-51-21-13-9-17-47(51)48-18-10-14-22-52(48)54)38-66(102)88-36-64(100)92-60(34-68(105)106)80(114)90-44(6)78(112)94-58(76(84)110)32-42(3)4/h7-26,41-44,53-54,57-60,85-86,97-98H,27-40H2,1-6H3,(H2,83,109)(H2,84,110)(H,87,101)(H,88,102)(H,89,113)(H,90,114)(H,91,99)(H,92,100)(H,93,111)(H,94,112)(H,103,104)(H,105,106)/t43-,44-,57-,58-,59-,60-/m0/s1. The molecule has 9 rings (SSSR count). The number of anilines is 2. The van der Waals surface area contributed by atoms with Crippen LogP contribution in [0.3, 0.4) is 0 Å². The summed E-state index contributed by atoms with van der Waals surface area (Å²) in [5.74, 6) is -17.2. The van der Waals surface area contributed by atoms with E-state index >= 15 is 0 Å². The van der Waals surface area contributed by atoms with Crippen LogP contribution >= 0.6 is 0 Å². The Morgan fingerprint density at radius 2 is 0.729 bits per heavy atom. The molecule has 0 unspecified atom stereocenters. The third-order valence-electron chi connectivity index (χ3n) is 19.7. The van der Waals surface area contributed by atoms with Crippen molar-refractivity contribution in [2.75, 3.05) is 76.2 Å². The molecule has 6 aromatic rings. The summed E-state index contributed by atoms with van der Waals surface area (Å²) in [5.41, 5.74) is 15.8. The summed E-state index contributed by atoms with van der Waals surface area (Å²) in [6, 6.07) is 26.0. The topological polar surface area (TPSA) is 551 Å². The maximum absolute atomic E-state index is 14.9. The van der Waals surface area contributed by atoms with Gasteiger partial charge in [0.15, 0.2) is 0 Å². The number of hydrogen-bond donors (Lipinski definition) is 16. The summed E-state index contributed by atoms with van der Waals surface area (Å²) in [4.78, 5) is 216. The van der Waals surface area contributed by atoms with Gasteiger partial charge in [-0.3, -0.25) is 76.9 Å². The van der Waals surface area contributed by atoms with Crippen molar-refractivity contribution >= 4 is 106 Å². The second kappa shape index (κ2) is 39.9. The van der Waals surface area contributed by atoms with Crippen LogP contribution in [0.4, 0.5) is 21.0 Å². The Bertz CT molecular complexity index is 4520. The first-order valence-corrected chi connectivity index (χ1v) is 38.0. The number of carboxylic acid groups (broad SMARTS) is 2. The first-order chi connectivity index (χ1) is 56.1. The van der Waals surface area contributed by atoms with Gasteiger partial charge in [0.05, 0.1) is 48.2 Å². The van der Waals surface area contributed by atoms with Gasteiger partial charge in [-0.15, -0.1) is 0 Å². The van der Waals surface area contributed by atoms with Gasteiger partial charge in [0, 0.05) is 49.4 Å². The number of primary amides is 2. The summed E-state index contributed by atoms with van der Waals surface area (Å²) < 4.78 is 11.9. The number of nitrogens with zero attached hydrogens (tertiary/aromatic N) is 2. The molecule has 118 heavy (non-hydrogen) atoms. The van der Waals surface area contributed by atoms with Crippen molar-refractivity contribution in [3.05, 3.63) is 166 Å². The fourth-order valence-corrected chi connectivity index (χ4v) is 14.0. The summed E-state index contributed by atoms with van der Waals surface area (Å²) in [5, 5.41) is 66.4.